The van der Waals surface area contributed by atoms with Gasteiger partial charge in [0.1, 0.15) is 0 Å². The average molecular weight is 360 g/mol. The zero-order valence-electron chi connectivity index (χ0n) is 15.4. The zero-order valence-corrected chi connectivity index (χ0v) is 15.4. The monoisotopic (exact) mass is 360 g/mol. The number of benzene rings is 1. The molecule has 6 nitrogen and oxygen atoms in total. The van der Waals surface area contributed by atoms with E-state index in [9.17, 15) is 14.4 Å². The van der Waals surface area contributed by atoms with E-state index in [1.807, 2.05) is 42.2 Å². The molecule has 6 heteroatoms. The van der Waals surface area contributed by atoms with E-state index >= 15 is 0 Å². The van der Waals surface area contributed by atoms with Crippen molar-refractivity contribution in [3.8, 4) is 0 Å². The number of amides is 2. The van der Waals surface area contributed by atoms with Crippen molar-refractivity contribution in [2.75, 3.05) is 26.2 Å². The smallest absolute Gasteiger partial charge is 0.305 e. The van der Waals surface area contributed by atoms with Crippen LogP contribution in [-0.2, 0) is 20.8 Å². The molecule has 0 spiro atoms. The Morgan fingerprint density at radius 2 is 1.77 bits per heavy atom. The maximum Gasteiger partial charge on any atom is 0.305 e. The quantitative estimate of drug-likeness (QED) is 0.771. The van der Waals surface area contributed by atoms with Crippen molar-refractivity contribution in [2.45, 2.75) is 39.0 Å². The molecule has 1 aromatic carbocycles. The Balaban J connectivity index is 1.77. The summed E-state index contributed by atoms with van der Waals surface area (Å²) >= 11 is 0. The first kappa shape index (κ1) is 19.9. The van der Waals surface area contributed by atoms with E-state index in [0.29, 0.717) is 38.9 Å². The molecule has 0 saturated carbocycles. The third kappa shape index (κ3) is 5.86. The second-order valence-corrected chi connectivity index (χ2v) is 6.70. The average Bonchev–Trinajstić information content (AvgIpc) is 2.67. The first-order valence-corrected chi connectivity index (χ1v) is 9.33. The van der Waals surface area contributed by atoms with Gasteiger partial charge in [0, 0.05) is 38.5 Å². The van der Waals surface area contributed by atoms with Crippen LogP contribution in [0.4, 0.5) is 0 Å². The van der Waals surface area contributed by atoms with E-state index < -0.39 is 5.97 Å². The summed E-state index contributed by atoms with van der Waals surface area (Å²) in [7, 11) is 0. The molecule has 1 aliphatic heterocycles. The first-order valence-electron chi connectivity index (χ1n) is 9.33. The van der Waals surface area contributed by atoms with E-state index in [0.717, 1.165) is 12.0 Å². The molecule has 1 N–H and O–H groups in total. The Hall–Kier alpha value is -2.37. The minimum absolute atomic E-state index is 0.0186. The maximum absolute atomic E-state index is 12.6. The highest BCUT2D eigenvalue weighted by Crippen LogP contribution is 2.21. The highest BCUT2D eigenvalue weighted by Gasteiger charge is 2.29. The van der Waals surface area contributed by atoms with Gasteiger partial charge < -0.3 is 14.9 Å². The highest BCUT2D eigenvalue weighted by atomic mass is 16.4. The molecule has 1 aliphatic rings. The molecule has 1 saturated heterocycles. The largest absolute Gasteiger partial charge is 0.481 e. The van der Waals surface area contributed by atoms with Crippen LogP contribution in [0.5, 0.6) is 0 Å². The topological polar surface area (TPSA) is 77.9 Å². The highest BCUT2D eigenvalue weighted by molar-refractivity contribution is 5.80. The third-order valence-electron chi connectivity index (χ3n) is 4.96. The number of carboxylic acid groups (broad SMARTS) is 1. The normalized spacial score (nSPS) is 14.9. The first-order chi connectivity index (χ1) is 12.5. The molecule has 26 heavy (non-hydrogen) atoms. The molecule has 1 heterocycles. The van der Waals surface area contributed by atoms with Crippen molar-refractivity contribution in [3.63, 3.8) is 0 Å². The van der Waals surface area contributed by atoms with E-state index in [-0.39, 0.29) is 30.7 Å². The fourth-order valence-electron chi connectivity index (χ4n) is 3.34. The van der Waals surface area contributed by atoms with Crippen molar-refractivity contribution in [1.82, 2.24) is 9.80 Å². The molecule has 2 rings (SSSR count). The van der Waals surface area contributed by atoms with Crippen LogP contribution in [0.2, 0.25) is 0 Å². The summed E-state index contributed by atoms with van der Waals surface area (Å²) in [4.78, 5) is 39.1. The standard InChI is InChI=1S/C20H28N2O4/c1-2-21(15-12-19(24)25)20(26)17-10-13-22(14-11-17)18(23)9-8-16-6-4-3-5-7-16/h3-7,17H,2,8-15H2,1H3,(H,24,25). The van der Waals surface area contributed by atoms with Gasteiger partial charge in [-0.25, -0.2) is 0 Å². The van der Waals surface area contributed by atoms with Crippen molar-refractivity contribution >= 4 is 17.8 Å². The molecule has 0 aliphatic carbocycles. The molecule has 0 radical (unpaired) electrons. The molecule has 142 valence electrons. The van der Waals surface area contributed by atoms with Crippen molar-refractivity contribution in [3.05, 3.63) is 35.9 Å². The van der Waals surface area contributed by atoms with E-state index in [2.05, 4.69) is 0 Å². The number of carboxylic acids is 1. The van der Waals surface area contributed by atoms with Crippen LogP contribution in [0.15, 0.2) is 30.3 Å². The van der Waals surface area contributed by atoms with Crippen LogP contribution in [-0.4, -0.2) is 58.9 Å². The van der Waals surface area contributed by atoms with Gasteiger partial charge in [-0.15, -0.1) is 0 Å². The molecule has 1 aromatic rings. The number of aryl methyl sites for hydroxylation is 1. The third-order valence-corrected chi connectivity index (χ3v) is 4.96. The fraction of sp³-hybridized carbons (Fsp3) is 0.550. The number of carbonyl (C=O) groups is 3. The number of nitrogens with zero attached hydrogens (tertiary/aromatic N) is 2. The van der Waals surface area contributed by atoms with Crippen molar-refractivity contribution in [2.24, 2.45) is 5.92 Å². The van der Waals surface area contributed by atoms with Gasteiger partial charge >= 0.3 is 5.97 Å². The van der Waals surface area contributed by atoms with Crippen LogP contribution in [0.1, 0.15) is 38.2 Å². The van der Waals surface area contributed by atoms with Gasteiger partial charge in [-0.05, 0) is 31.7 Å². The van der Waals surface area contributed by atoms with Gasteiger partial charge in [-0.2, -0.15) is 0 Å². The lowest BCUT2D eigenvalue weighted by Crippen LogP contribution is -2.44. The van der Waals surface area contributed by atoms with Crippen molar-refractivity contribution in [1.29, 1.82) is 0 Å². The summed E-state index contributed by atoms with van der Waals surface area (Å²) in [6, 6.07) is 9.95. The second kappa shape index (κ2) is 9.94. The van der Waals surface area contributed by atoms with Gasteiger partial charge in [0.25, 0.3) is 0 Å². The summed E-state index contributed by atoms with van der Waals surface area (Å²) < 4.78 is 0. The summed E-state index contributed by atoms with van der Waals surface area (Å²) in [6.07, 6.45) is 2.50. The minimum Gasteiger partial charge on any atom is -0.481 e. The lowest BCUT2D eigenvalue weighted by atomic mass is 9.94. The maximum atomic E-state index is 12.6. The Kier molecular flexibility index (Phi) is 7.63. The number of aliphatic carboxylic acids is 1. The van der Waals surface area contributed by atoms with E-state index in [1.54, 1.807) is 4.90 Å². The molecule has 1 fully saturated rings. The number of likely N-dealkylation sites (tertiary alicyclic amines) is 1. The Bertz CT molecular complexity index is 609. The Labute approximate surface area is 154 Å². The summed E-state index contributed by atoms with van der Waals surface area (Å²) in [5.41, 5.74) is 1.16. The van der Waals surface area contributed by atoms with Gasteiger partial charge in [0.15, 0.2) is 0 Å². The molecule has 0 bridgehead atoms. The number of carbonyl (C=O) groups excluding carboxylic acids is 2. The van der Waals surface area contributed by atoms with Crippen LogP contribution >= 0.6 is 0 Å². The fourth-order valence-corrected chi connectivity index (χ4v) is 3.34. The molecule has 2 amide bonds. The summed E-state index contributed by atoms with van der Waals surface area (Å²) in [6.45, 7) is 3.83. The van der Waals surface area contributed by atoms with Gasteiger partial charge in [0.05, 0.1) is 6.42 Å². The SMILES string of the molecule is CCN(CCC(=O)O)C(=O)C1CCN(C(=O)CCc2ccccc2)CC1. The molecule has 0 aromatic heterocycles. The number of hydrogen-bond acceptors (Lipinski definition) is 3. The van der Waals surface area contributed by atoms with Crippen LogP contribution in [0.3, 0.4) is 0 Å². The Morgan fingerprint density at radius 1 is 1.12 bits per heavy atom. The van der Waals surface area contributed by atoms with E-state index in [1.165, 1.54) is 0 Å². The second-order valence-electron chi connectivity index (χ2n) is 6.70. The molecule has 0 atom stereocenters. The van der Waals surface area contributed by atoms with Crippen molar-refractivity contribution < 1.29 is 19.5 Å². The Morgan fingerprint density at radius 3 is 2.35 bits per heavy atom. The number of piperidine rings is 1. The number of rotatable bonds is 8. The van der Waals surface area contributed by atoms with Crippen LogP contribution < -0.4 is 0 Å². The predicted molar refractivity (Wildman–Crippen MR) is 98.6 cm³/mol. The lowest BCUT2D eigenvalue weighted by molar-refractivity contribution is -0.142. The minimum atomic E-state index is -0.893. The summed E-state index contributed by atoms with van der Waals surface area (Å²) in [5, 5.41) is 8.80. The summed E-state index contributed by atoms with van der Waals surface area (Å²) in [5.74, 6) is -0.847. The molecular weight excluding hydrogens is 332 g/mol. The number of hydrogen-bond donors (Lipinski definition) is 1. The van der Waals surface area contributed by atoms with Crippen LogP contribution in [0.25, 0.3) is 0 Å². The lowest BCUT2D eigenvalue weighted by Gasteiger charge is -2.34. The molecule has 0 unspecified atom stereocenters. The van der Waals surface area contributed by atoms with Gasteiger partial charge in [-0.1, -0.05) is 30.3 Å². The molecular formula is C20H28N2O4. The van der Waals surface area contributed by atoms with Gasteiger partial charge in [-0.3, -0.25) is 14.4 Å². The van der Waals surface area contributed by atoms with Crippen LogP contribution in [0, 0.1) is 5.92 Å². The van der Waals surface area contributed by atoms with Gasteiger partial charge in [0.2, 0.25) is 11.8 Å². The predicted octanol–water partition coefficient (Wildman–Crippen LogP) is 2.18. The van der Waals surface area contributed by atoms with E-state index in [4.69, 9.17) is 5.11 Å². The zero-order chi connectivity index (χ0) is 18.9.